The molecule has 2 amide bonds. The van der Waals surface area contributed by atoms with Crippen LogP contribution in [0.25, 0.3) is 0 Å². The molecule has 3 N–H and O–H groups in total. The third kappa shape index (κ3) is 6.02. The van der Waals surface area contributed by atoms with Gasteiger partial charge in [-0.3, -0.25) is 4.79 Å². The molecule has 0 saturated heterocycles. The quantitative estimate of drug-likeness (QED) is 0.706. The Morgan fingerprint density at radius 2 is 1.82 bits per heavy atom. The van der Waals surface area contributed by atoms with Gasteiger partial charge in [0.1, 0.15) is 0 Å². The lowest BCUT2D eigenvalue weighted by Gasteiger charge is -2.16. The highest BCUT2D eigenvalue weighted by Crippen LogP contribution is 2.29. The fourth-order valence-corrected chi connectivity index (χ4v) is 1.73. The Kier molecular flexibility index (Phi) is 6.21. The van der Waals surface area contributed by atoms with E-state index in [1.807, 2.05) is 0 Å². The molecule has 0 fully saturated rings. The van der Waals surface area contributed by atoms with Crippen molar-refractivity contribution in [2.24, 2.45) is 0 Å². The fourth-order valence-electron chi connectivity index (χ4n) is 1.73. The van der Waals surface area contributed by atoms with Crippen LogP contribution in [0.4, 0.5) is 18.0 Å². The first kappa shape index (κ1) is 17.8. The normalized spacial score (nSPS) is 12.5. The van der Waals surface area contributed by atoms with E-state index < -0.39 is 29.8 Å². The molecule has 122 valence electrons. The summed E-state index contributed by atoms with van der Waals surface area (Å²) >= 11 is 0. The van der Waals surface area contributed by atoms with Crippen molar-refractivity contribution in [2.45, 2.75) is 32.0 Å². The zero-order chi connectivity index (χ0) is 16.8. The van der Waals surface area contributed by atoms with E-state index in [0.29, 0.717) is 12.0 Å². The zero-order valence-electron chi connectivity index (χ0n) is 11.9. The number of benzene rings is 1. The predicted molar refractivity (Wildman–Crippen MR) is 73.3 cm³/mol. The molecule has 0 radical (unpaired) electrons. The second kappa shape index (κ2) is 7.67. The van der Waals surface area contributed by atoms with Gasteiger partial charge in [0.05, 0.1) is 11.6 Å². The molecule has 22 heavy (non-hydrogen) atoms. The van der Waals surface area contributed by atoms with E-state index >= 15 is 0 Å². The van der Waals surface area contributed by atoms with E-state index in [0.717, 1.165) is 12.1 Å². The third-order valence-electron chi connectivity index (χ3n) is 2.94. The van der Waals surface area contributed by atoms with Crippen LogP contribution in [0, 0.1) is 0 Å². The Morgan fingerprint density at radius 3 is 2.32 bits per heavy atom. The lowest BCUT2D eigenvalue weighted by Crippen LogP contribution is -2.37. The molecule has 0 saturated carbocycles. The van der Waals surface area contributed by atoms with Crippen molar-refractivity contribution in [3.05, 3.63) is 35.4 Å². The highest BCUT2D eigenvalue weighted by molar-refractivity contribution is 5.74. The number of carboxylic acids is 1. The van der Waals surface area contributed by atoms with Crippen molar-refractivity contribution in [3.63, 3.8) is 0 Å². The highest BCUT2D eigenvalue weighted by atomic mass is 19.4. The molecule has 0 bridgehead atoms. The summed E-state index contributed by atoms with van der Waals surface area (Å²) in [5, 5.41) is 13.5. The number of carbonyl (C=O) groups excluding carboxylic acids is 1. The molecular weight excluding hydrogens is 301 g/mol. The van der Waals surface area contributed by atoms with E-state index in [1.165, 1.54) is 12.1 Å². The van der Waals surface area contributed by atoms with Gasteiger partial charge in [-0.15, -0.1) is 0 Å². The SMILES string of the molecule is C[C@H](NC(=O)NCCCC(=O)O)c1ccc(C(F)(F)F)cc1. The molecule has 1 aromatic carbocycles. The molecule has 1 atom stereocenters. The number of urea groups is 1. The van der Waals surface area contributed by atoms with Crippen LogP contribution in [0.2, 0.25) is 0 Å². The van der Waals surface area contributed by atoms with Crippen molar-refractivity contribution in [2.75, 3.05) is 6.54 Å². The summed E-state index contributed by atoms with van der Waals surface area (Å²) in [6, 6.07) is 3.55. The number of carbonyl (C=O) groups is 2. The topological polar surface area (TPSA) is 78.4 Å². The largest absolute Gasteiger partial charge is 0.481 e. The van der Waals surface area contributed by atoms with Gasteiger partial charge < -0.3 is 15.7 Å². The Morgan fingerprint density at radius 1 is 1.23 bits per heavy atom. The molecule has 1 aromatic rings. The highest BCUT2D eigenvalue weighted by Gasteiger charge is 2.30. The molecule has 8 heteroatoms. The van der Waals surface area contributed by atoms with Gasteiger partial charge >= 0.3 is 18.2 Å². The van der Waals surface area contributed by atoms with Gasteiger partial charge in [-0.25, -0.2) is 4.79 Å². The zero-order valence-corrected chi connectivity index (χ0v) is 11.9. The molecular formula is C14H17F3N2O3. The average Bonchev–Trinajstić information content (AvgIpc) is 2.42. The van der Waals surface area contributed by atoms with Crippen LogP contribution >= 0.6 is 0 Å². The summed E-state index contributed by atoms with van der Waals surface area (Å²) in [7, 11) is 0. The number of alkyl halides is 3. The van der Waals surface area contributed by atoms with Crippen molar-refractivity contribution in [3.8, 4) is 0 Å². The molecule has 0 heterocycles. The maximum absolute atomic E-state index is 12.4. The van der Waals surface area contributed by atoms with Gasteiger partial charge in [-0.05, 0) is 31.0 Å². The van der Waals surface area contributed by atoms with Crippen molar-refractivity contribution < 1.29 is 27.9 Å². The summed E-state index contributed by atoms with van der Waals surface area (Å²) in [4.78, 5) is 21.8. The number of amides is 2. The summed E-state index contributed by atoms with van der Waals surface area (Å²) in [6.07, 6.45) is -4.14. The van der Waals surface area contributed by atoms with Gasteiger partial charge in [0.25, 0.3) is 0 Å². The number of rotatable bonds is 6. The van der Waals surface area contributed by atoms with Gasteiger partial charge in [0.15, 0.2) is 0 Å². The van der Waals surface area contributed by atoms with E-state index in [4.69, 9.17) is 5.11 Å². The molecule has 1 rings (SSSR count). The van der Waals surface area contributed by atoms with Crippen LogP contribution in [-0.4, -0.2) is 23.7 Å². The molecule has 0 spiro atoms. The first-order valence-electron chi connectivity index (χ1n) is 6.63. The van der Waals surface area contributed by atoms with Crippen LogP contribution in [0.3, 0.4) is 0 Å². The Bertz CT molecular complexity index is 515. The smallest absolute Gasteiger partial charge is 0.416 e. The van der Waals surface area contributed by atoms with Crippen LogP contribution in [0.15, 0.2) is 24.3 Å². The molecule has 0 aliphatic carbocycles. The van der Waals surface area contributed by atoms with Crippen LogP contribution < -0.4 is 10.6 Å². The first-order chi connectivity index (χ1) is 10.2. The number of hydrogen-bond donors (Lipinski definition) is 3. The molecule has 0 aliphatic rings. The number of hydrogen-bond acceptors (Lipinski definition) is 2. The summed E-state index contributed by atoms with van der Waals surface area (Å²) in [5.74, 6) is -0.944. The van der Waals surface area contributed by atoms with Gasteiger partial charge in [-0.2, -0.15) is 13.2 Å². The van der Waals surface area contributed by atoms with Crippen molar-refractivity contribution >= 4 is 12.0 Å². The van der Waals surface area contributed by atoms with Crippen molar-refractivity contribution in [1.82, 2.24) is 10.6 Å². The van der Waals surface area contributed by atoms with E-state index in [9.17, 15) is 22.8 Å². The van der Waals surface area contributed by atoms with Gasteiger partial charge in [0, 0.05) is 13.0 Å². The number of aliphatic carboxylic acids is 1. The lowest BCUT2D eigenvalue weighted by molar-refractivity contribution is -0.138. The maximum atomic E-state index is 12.4. The fraction of sp³-hybridized carbons (Fsp3) is 0.429. The second-order valence-corrected chi connectivity index (χ2v) is 4.74. The minimum atomic E-state index is -4.39. The van der Waals surface area contributed by atoms with Crippen LogP contribution in [-0.2, 0) is 11.0 Å². The second-order valence-electron chi connectivity index (χ2n) is 4.74. The van der Waals surface area contributed by atoms with Crippen LogP contribution in [0.5, 0.6) is 0 Å². The summed E-state index contributed by atoms with van der Waals surface area (Å²) in [6.45, 7) is 1.84. The predicted octanol–water partition coefficient (Wildman–Crippen LogP) is 2.93. The molecule has 0 aromatic heterocycles. The van der Waals surface area contributed by atoms with E-state index in [2.05, 4.69) is 10.6 Å². The summed E-state index contributed by atoms with van der Waals surface area (Å²) in [5.41, 5.74) is -0.213. The Balaban J connectivity index is 2.46. The Hall–Kier alpha value is -2.25. The minimum Gasteiger partial charge on any atom is -0.481 e. The molecule has 5 nitrogen and oxygen atoms in total. The summed E-state index contributed by atoms with van der Waals surface area (Å²) < 4.78 is 37.3. The first-order valence-corrected chi connectivity index (χ1v) is 6.63. The van der Waals surface area contributed by atoms with Gasteiger partial charge in [0.2, 0.25) is 0 Å². The number of nitrogens with one attached hydrogen (secondary N) is 2. The lowest BCUT2D eigenvalue weighted by atomic mass is 10.1. The monoisotopic (exact) mass is 318 g/mol. The van der Waals surface area contributed by atoms with E-state index in [-0.39, 0.29) is 13.0 Å². The average molecular weight is 318 g/mol. The van der Waals surface area contributed by atoms with Gasteiger partial charge in [-0.1, -0.05) is 12.1 Å². The third-order valence-corrected chi connectivity index (χ3v) is 2.94. The molecule has 0 unspecified atom stereocenters. The van der Waals surface area contributed by atoms with Crippen molar-refractivity contribution in [1.29, 1.82) is 0 Å². The molecule has 0 aliphatic heterocycles. The standard InChI is InChI=1S/C14H17F3N2O3/c1-9(19-13(22)18-8-2-3-12(20)21)10-4-6-11(7-5-10)14(15,16)17/h4-7,9H,2-3,8H2,1H3,(H,20,21)(H2,18,19,22)/t9-/m0/s1. The minimum absolute atomic E-state index is 0.0469. The number of carboxylic acid groups (broad SMARTS) is 1. The Labute approximate surface area is 125 Å². The number of halogens is 3. The van der Waals surface area contributed by atoms with E-state index in [1.54, 1.807) is 6.92 Å². The maximum Gasteiger partial charge on any atom is 0.416 e. The van der Waals surface area contributed by atoms with Crippen LogP contribution in [0.1, 0.15) is 36.9 Å².